The number of β-lactam (4-membered cyclic amide) rings is 1. The monoisotopic (exact) mass is 512 g/mol. The molecule has 1 fully saturated rings. The van der Waals surface area contributed by atoms with Crippen molar-refractivity contribution in [2.24, 2.45) is 0 Å². The smallest absolute Gasteiger partial charge is 0.355 e. The van der Waals surface area contributed by atoms with Crippen LogP contribution in [0.25, 0.3) is 0 Å². The fraction of sp³-hybridized carbons (Fsp3) is 0.269. The van der Waals surface area contributed by atoms with Crippen LogP contribution in [0.4, 0.5) is 0 Å². The van der Waals surface area contributed by atoms with Crippen molar-refractivity contribution in [3.05, 3.63) is 89.1 Å². The van der Waals surface area contributed by atoms with Crippen molar-refractivity contribution in [3.63, 3.8) is 0 Å². The maximum atomic E-state index is 13.1. The molecular formula is C26H25ClN2O5S. The second kappa shape index (κ2) is 11.5. The van der Waals surface area contributed by atoms with E-state index in [1.807, 2.05) is 30.3 Å². The van der Waals surface area contributed by atoms with Crippen LogP contribution in [-0.4, -0.2) is 52.8 Å². The van der Waals surface area contributed by atoms with Crippen LogP contribution >= 0.6 is 23.4 Å². The van der Waals surface area contributed by atoms with Crippen LogP contribution in [0.15, 0.2) is 78.0 Å². The number of methoxy groups -OCH3 is 1. The molecule has 2 aromatic rings. The third-order valence-corrected chi connectivity index (χ3v) is 7.13. The SMILES string of the molecule is COc1ccc(COC(=O)C2=C(/C=C/CCl)CS[C@H]3[C@H](NC(=O)Cc4ccccc4)C(=O)N23)cc1. The highest BCUT2D eigenvalue weighted by molar-refractivity contribution is 8.00. The summed E-state index contributed by atoms with van der Waals surface area (Å²) in [4.78, 5) is 40.1. The highest BCUT2D eigenvalue weighted by Crippen LogP contribution is 2.41. The van der Waals surface area contributed by atoms with E-state index >= 15 is 0 Å². The third-order valence-electron chi connectivity index (χ3n) is 5.65. The molecule has 182 valence electrons. The molecule has 0 radical (unpaired) electrons. The molecule has 2 atom stereocenters. The first-order chi connectivity index (χ1) is 17.0. The van der Waals surface area contributed by atoms with Gasteiger partial charge in [0, 0.05) is 11.6 Å². The van der Waals surface area contributed by atoms with E-state index in [4.69, 9.17) is 21.1 Å². The second-order valence-corrected chi connectivity index (χ2v) is 9.39. The number of hydrogen-bond acceptors (Lipinski definition) is 6. The number of thioether (sulfide) groups is 1. The number of ether oxygens (including phenoxy) is 2. The Morgan fingerprint density at radius 3 is 2.57 bits per heavy atom. The number of alkyl halides is 1. The van der Waals surface area contributed by atoms with Crippen molar-refractivity contribution in [2.45, 2.75) is 24.4 Å². The van der Waals surface area contributed by atoms with Crippen LogP contribution in [0.1, 0.15) is 11.1 Å². The van der Waals surface area contributed by atoms with Crippen LogP contribution in [0, 0.1) is 0 Å². The van der Waals surface area contributed by atoms with Gasteiger partial charge in [-0.15, -0.1) is 23.4 Å². The summed E-state index contributed by atoms with van der Waals surface area (Å²) in [5.41, 5.74) is 2.51. The van der Waals surface area contributed by atoms with Gasteiger partial charge in [0.15, 0.2) is 0 Å². The topological polar surface area (TPSA) is 84.9 Å². The van der Waals surface area contributed by atoms with E-state index in [0.29, 0.717) is 17.1 Å². The minimum absolute atomic E-state index is 0.0515. The number of allylic oxidation sites excluding steroid dienone is 2. The number of halogens is 1. The lowest BCUT2D eigenvalue weighted by Crippen LogP contribution is -2.70. The number of nitrogens with zero attached hydrogens (tertiary/aromatic N) is 1. The molecule has 35 heavy (non-hydrogen) atoms. The lowest BCUT2D eigenvalue weighted by molar-refractivity contribution is -0.153. The van der Waals surface area contributed by atoms with Crippen LogP contribution in [0.5, 0.6) is 5.75 Å². The van der Waals surface area contributed by atoms with E-state index in [-0.39, 0.29) is 41.8 Å². The highest BCUT2D eigenvalue weighted by Gasteiger charge is 2.54. The van der Waals surface area contributed by atoms with Crippen molar-refractivity contribution < 1.29 is 23.9 Å². The molecule has 0 unspecified atom stereocenters. The quantitative estimate of drug-likeness (QED) is 0.315. The van der Waals surface area contributed by atoms with Crippen LogP contribution in [-0.2, 0) is 32.1 Å². The minimum Gasteiger partial charge on any atom is -0.497 e. The number of hydrogen-bond donors (Lipinski definition) is 1. The summed E-state index contributed by atoms with van der Waals surface area (Å²) < 4.78 is 10.7. The summed E-state index contributed by atoms with van der Waals surface area (Å²) in [7, 11) is 1.58. The minimum atomic E-state index is -0.695. The zero-order valence-corrected chi connectivity index (χ0v) is 20.7. The Bertz CT molecular complexity index is 1150. The Morgan fingerprint density at radius 1 is 1.14 bits per heavy atom. The molecule has 2 heterocycles. The van der Waals surface area contributed by atoms with Gasteiger partial charge in [0.1, 0.15) is 29.5 Å². The molecule has 0 spiro atoms. The van der Waals surface area contributed by atoms with E-state index < -0.39 is 12.0 Å². The molecule has 1 N–H and O–H groups in total. The number of esters is 1. The van der Waals surface area contributed by atoms with Crippen molar-refractivity contribution in [2.75, 3.05) is 18.7 Å². The van der Waals surface area contributed by atoms with Gasteiger partial charge in [-0.05, 0) is 28.8 Å². The summed E-state index contributed by atoms with van der Waals surface area (Å²) in [5, 5.41) is 2.45. The lowest BCUT2D eigenvalue weighted by atomic mass is 10.0. The molecule has 2 aromatic carbocycles. The summed E-state index contributed by atoms with van der Waals surface area (Å²) in [6.07, 6.45) is 3.64. The maximum absolute atomic E-state index is 13.1. The van der Waals surface area contributed by atoms with E-state index in [1.54, 1.807) is 43.5 Å². The molecule has 0 aliphatic carbocycles. The molecule has 0 aromatic heterocycles. The van der Waals surface area contributed by atoms with Gasteiger partial charge in [-0.1, -0.05) is 54.6 Å². The molecule has 2 amide bonds. The molecule has 9 heteroatoms. The molecule has 0 bridgehead atoms. The number of benzene rings is 2. The fourth-order valence-electron chi connectivity index (χ4n) is 3.89. The Kier molecular flexibility index (Phi) is 8.15. The van der Waals surface area contributed by atoms with Crippen LogP contribution < -0.4 is 10.1 Å². The van der Waals surface area contributed by atoms with Crippen LogP contribution in [0.3, 0.4) is 0 Å². The molecular weight excluding hydrogens is 488 g/mol. The zero-order valence-electron chi connectivity index (χ0n) is 19.1. The summed E-state index contributed by atoms with van der Waals surface area (Å²) >= 11 is 7.29. The normalized spacial score (nSPS) is 19.3. The van der Waals surface area contributed by atoms with Gasteiger partial charge < -0.3 is 14.8 Å². The summed E-state index contributed by atoms with van der Waals surface area (Å²) in [5.74, 6) is 0.294. The maximum Gasteiger partial charge on any atom is 0.355 e. The molecule has 2 aliphatic rings. The van der Waals surface area contributed by atoms with Crippen molar-refractivity contribution in [1.82, 2.24) is 10.2 Å². The van der Waals surface area contributed by atoms with E-state index in [2.05, 4.69) is 5.32 Å². The van der Waals surface area contributed by atoms with Crippen molar-refractivity contribution in [1.29, 1.82) is 0 Å². The van der Waals surface area contributed by atoms with Gasteiger partial charge >= 0.3 is 5.97 Å². The first kappa shape index (κ1) is 24.9. The van der Waals surface area contributed by atoms with Gasteiger partial charge in [0.2, 0.25) is 5.91 Å². The Balaban J connectivity index is 1.46. The number of carbonyl (C=O) groups excluding carboxylic acids is 3. The average Bonchev–Trinajstić information content (AvgIpc) is 2.89. The number of carbonyl (C=O) groups is 3. The predicted octanol–water partition coefficient (Wildman–Crippen LogP) is 3.43. The molecule has 0 saturated carbocycles. The Morgan fingerprint density at radius 2 is 1.89 bits per heavy atom. The first-order valence-electron chi connectivity index (χ1n) is 11.1. The van der Waals surface area contributed by atoms with Gasteiger partial charge in [-0.25, -0.2) is 4.79 Å². The van der Waals surface area contributed by atoms with Gasteiger partial charge in [-0.3, -0.25) is 14.5 Å². The Labute approximate surface area is 213 Å². The number of fused-ring (bicyclic) bond motifs is 1. The largest absolute Gasteiger partial charge is 0.497 e. The van der Waals surface area contributed by atoms with Crippen molar-refractivity contribution in [3.8, 4) is 5.75 Å². The standard InChI is InChI=1S/C26H25ClN2O5S/c1-33-20-11-9-18(10-12-20)15-34-26(32)23-19(8-5-13-27)16-35-25-22(24(31)29(23)25)28-21(30)14-17-6-3-2-4-7-17/h2-12,22,25H,13-16H2,1H3,(H,28,30)/b8-5+/t22-,25+/m1/s1. The molecule has 2 aliphatic heterocycles. The predicted molar refractivity (Wildman–Crippen MR) is 135 cm³/mol. The first-order valence-corrected chi connectivity index (χ1v) is 12.6. The van der Waals surface area contributed by atoms with Gasteiger partial charge in [0.05, 0.1) is 13.5 Å². The second-order valence-electron chi connectivity index (χ2n) is 7.97. The number of amides is 2. The van der Waals surface area contributed by atoms with Crippen LogP contribution in [0.2, 0.25) is 0 Å². The zero-order chi connectivity index (χ0) is 24.8. The van der Waals surface area contributed by atoms with E-state index in [9.17, 15) is 14.4 Å². The van der Waals surface area contributed by atoms with E-state index in [0.717, 1.165) is 11.1 Å². The number of nitrogens with one attached hydrogen (secondary N) is 1. The highest BCUT2D eigenvalue weighted by atomic mass is 35.5. The van der Waals surface area contributed by atoms with Gasteiger partial charge in [0.25, 0.3) is 5.91 Å². The number of rotatable bonds is 9. The fourth-order valence-corrected chi connectivity index (χ4v) is 5.30. The Hall–Kier alpha value is -3.23. The lowest BCUT2D eigenvalue weighted by Gasteiger charge is -2.49. The van der Waals surface area contributed by atoms with E-state index in [1.165, 1.54) is 16.7 Å². The summed E-state index contributed by atoms with van der Waals surface area (Å²) in [6.45, 7) is 0.0515. The van der Waals surface area contributed by atoms with Gasteiger partial charge in [-0.2, -0.15) is 0 Å². The molecule has 7 nitrogen and oxygen atoms in total. The third kappa shape index (κ3) is 5.71. The van der Waals surface area contributed by atoms with Crippen molar-refractivity contribution >= 4 is 41.1 Å². The average molecular weight is 513 g/mol. The molecule has 1 saturated heterocycles. The molecule has 4 rings (SSSR count). The summed E-state index contributed by atoms with van der Waals surface area (Å²) in [6, 6.07) is 15.8.